The van der Waals surface area contributed by atoms with Crippen LogP contribution in [0, 0.1) is 18.9 Å². The molecule has 0 atom stereocenters. The highest BCUT2D eigenvalue weighted by Gasteiger charge is 2.26. The number of fused-ring (bicyclic) bond motifs is 3. The smallest absolute Gasteiger partial charge is 0.159 e. The van der Waals surface area contributed by atoms with E-state index >= 15 is 0 Å². The van der Waals surface area contributed by atoms with Crippen LogP contribution in [-0.4, -0.2) is 11.3 Å². The summed E-state index contributed by atoms with van der Waals surface area (Å²) in [6.45, 7) is 6.60. The van der Waals surface area contributed by atoms with E-state index in [4.69, 9.17) is 0 Å². The number of hydrogen-bond donors (Lipinski definition) is 0. The molecule has 1 aliphatic heterocycles. The lowest BCUT2D eigenvalue weighted by molar-refractivity contribution is -0.417. The Labute approximate surface area is 206 Å². The highest BCUT2D eigenvalue weighted by molar-refractivity contribution is 7.26. The Bertz CT molecular complexity index is 1430. The molecule has 3 aromatic carbocycles. The maximum absolute atomic E-state index is 4.36. The number of nitrogens with zero attached hydrogens (tertiary/aromatic N) is 1. The second kappa shape index (κ2) is 8.92. The van der Waals surface area contributed by atoms with Gasteiger partial charge in [0.15, 0.2) is 15.4 Å². The first kappa shape index (κ1) is 21.4. The minimum Gasteiger partial charge on any atom is -0.255 e. The van der Waals surface area contributed by atoms with Crippen molar-refractivity contribution in [3.8, 4) is 11.1 Å². The van der Waals surface area contributed by atoms with E-state index in [0.29, 0.717) is 0 Å². The molecule has 2 aliphatic rings. The van der Waals surface area contributed by atoms with E-state index in [1.807, 2.05) is 11.3 Å². The van der Waals surface area contributed by atoms with Crippen molar-refractivity contribution >= 4 is 38.2 Å². The van der Waals surface area contributed by atoms with Crippen molar-refractivity contribution in [1.82, 2.24) is 0 Å². The molecule has 1 aliphatic carbocycles. The molecule has 1 saturated carbocycles. The highest BCUT2D eigenvalue weighted by atomic mass is 32.1. The maximum Gasteiger partial charge on any atom is 0.159 e. The van der Waals surface area contributed by atoms with Gasteiger partial charge in [0.25, 0.3) is 0 Å². The topological polar surface area (TPSA) is 3.01 Å². The van der Waals surface area contributed by atoms with Gasteiger partial charge in [-0.1, -0.05) is 121 Å². The molecule has 0 amide bonds. The van der Waals surface area contributed by atoms with Gasteiger partial charge in [-0.25, -0.2) is 0 Å². The maximum atomic E-state index is 4.36. The largest absolute Gasteiger partial charge is 0.255 e. The van der Waals surface area contributed by atoms with Gasteiger partial charge in [0, 0.05) is 5.56 Å². The van der Waals surface area contributed by atoms with E-state index in [1.54, 1.807) is 0 Å². The molecule has 2 heterocycles. The Morgan fingerprint density at radius 2 is 1.79 bits per heavy atom. The standard InChI is InChI=1S/C32H31NS/c1-22-13-15-28-27-16-14-26(25-11-7-4-8-12-25)21-30(27)34-32(28)31(22)29-20-24(17-18-33(29)2)19-23-9-5-3-6-10-23/h4,7-8,11-18,20-21,23H,2-3,5-6,9-10,19H2,1H3. The van der Waals surface area contributed by atoms with Gasteiger partial charge in [-0.2, -0.15) is 0 Å². The number of hydrogen-bond acceptors (Lipinski definition) is 0. The number of aryl methyl sites for hydroxylation is 1. The number of rotatable bonds is 4. The minimum atomic E-state index is 0.833. The first-order valence-corrected chi connectivity index (χ1v) is 13.4. The summed E-state index contributed by atoms with van der Waals surface area (Å²) >= 11 is 1.92. The molecule has 1 aromatic heterocycles. The molecule has 0 N–H and O–H groups in total. The fourth-order valence-electron chi connectivity index (χ4n) is 5.71. The van der Waals surface area contributed by atoms with Crippen LogP contribution >= 0.6 is 11.3 Å². The van der Waals surface area contributed by atoms with Crippen molar-refractivity contribution < 1.29 is 4.58 Å². The summed E-state index contributed by atoms with van der Waals surface area (Å²) in [6, 6.07) is 23.4. The van der Waals surface area contributed by atoms with E-state index in [0.717, 1.165) is 5.92 Å². The third-order valence-corrected chi connectivity index (χ3v) is 8.75. The SMILES string of the molecule is C=[N+]1C=CC(CC2CCCCC2)=C[C-]1c1c(C)ccc2c1[s+][c-]1cc(-c3ccccc3)ccc21. The zero-order chi connectivity index (χ0) is 23.1. The van der Waals surface area contributed by atoms with Crippen LogP contribution in [0.5, 0.6) is 0 Å². The van der Waals surface area contributed by atoms with E-state index in [2.05, 4.69) is 97.2 Å². The third-order valence-electron chi connectivity index (χ3n) is 7.56. The van der Waals surface area contributed by atoms with Gasteiger partial charge in [0.2, 0.25) is 0 Å². The lowest BCUT2D eigenvalue weighted by atomic mass is 9.83. The fraction of sp³-hybridized carbons (Fsp3) is 0.250. The molecule has 1 nitrogen and oxygen atoms in total. The van der Waals surface area contributed by atoms with Crippen molar-refractivity contribution in [2.75, 3.05) is 0 Å². The predicted octanol–water partition coefficient (Wildman–Crippen LogP) is 9.05. The summed E-state index contributed by atoms with van der Waals surface area (Å²) in [6.07, 6.45) is 15.0. The molecule has 0 saturated heterocycles. The zero-order valence-corrected chi connectivity index (χ0v) is 20.7. The van der Waals surface area contributed by atoms with E-state index in [1.165, 1.54) is 92.6 Å². The average molecular weight is 462 g/mol. The molecular formula is C32H31NS. The van der Waals surface area contributed by atoms with Crippen LogP contribution in [0.2, 0.25) is 0 Å². The summed E-state index contributed by atoms with van der Waals surface area (Å²) in [5.74, 6) is 0.833. The summed E-state index contributed by atoms with van der Waals surface area (Å²) in [5.41, 5.74) is 6.64. The molecular weight excluding hydrogens is 430 g/mol. The molecule has 4 aromatic rings. The first-order valence-electron chi connectivity index (χ1n) is 12.5. The summed E-state index contributed by atoms with van der Waals surface area (Å²) in [5, 5.41) is 2.69. The monoisotopic (exact) mass is 461 g/mol. The predicted molar refractivity (Wildman–Crippen MR) is 148 cm³/mol. The Hall–Kier alpha value is -3.10. The Morgan fingerprint density at radius 3 is 2.62 bits per heavy atom. The van der Waals surface area contributed by atoms with Gasteiger partial charge in [-0.3, -0.25) is 4.58 Å². The summed E-state index contributed by atoms with van der Waals surface area (Å²) in [7, 11) is 0. The van der Waals surface area contributed by atoms with E-state index in [9.17, 15) is 0 Å². The van der Waals surface area contributed by atoms with Crippen LogP contribution in [0.15, 0.2) is 84.6 Å². The van der Waals surface area contributed by atoms with Gasteiger partial charge < -0.3 is 0 Å². The Balaban J connectivity index is 1.43. The number of benzene rings is 3. The summed E-state index contributed by atoms with van der Waals surface area (Å²) < 4.78 is 4.77. The average Bonchev–Trinajstić information content (AvgIpc) is 3.24. The van der Waals surface area contributed by atoms with Gasteiger partial charge in [0.05, 0.1) is 6.72 Å². The van der Waals surface area contributed by atoms with E-state index < -0.39 is 0 Å². The molecule has 34 heavy (non-hydrogen) atoms. The van der Waals surface area contributed by atoms with Crippen molar-refractivity contribution in [3.05, 3.63) is 102 Å². The van der Waals surface area contributed by atoms with Crippen LogP contribution < -0.4 is 0 Å². The minimum absolute atomic E-state index is 0.833. The number of allylic oxidation sites excluding steroid dienone is 2. The lowest BCUT2D eigenvalue weighted by Crippen LogP contribution is -2.17. The van der Waals surface area contributed by atoms with Crippen molar-refractivity contribution in [3.63, 3.8) is 0 Å². The summed E-state index contributed by atoms with van der Waals surface area (Å²) in [4.78, 5) is 0. The van der Waals surface area contributed by atoms with Crippen LogP contribution in [0.1, 0.15) is 49.7 Å². The van der Waals surface area contributed by atoms with Gasteiger partial charge in [-0.05, 0) is 23.8 Å². The van der Waals surface area contributed by atoms with Gasteiger partial charge in [-0.15, -0.1) is 12.1 Å². The normalized spacial score (nSPS) is 17.0. The molecule has 170 valence electrons. The van der Waals surface area contributed by atoms with E-state index in [-0.39, 0.29) is 0 Å². The van der Waals surface area contributed by atoms with Gasteiger partial charge in [0.1, 0.15) is 17.5 Å². The Kier molecular flexibility index (Phi) is 5.63. The first-order chi connectivity index (χ1) is 16.7. The molecule has 1 fully saturated rings. The molecule has 0 unspecified atom stereocenters. The van der Waals surface area contributed by atoms with Crippen molar-refractivity contribution in [2.45, 2.75) is 45.4 Å². The molecule has 0 radical (unpaired) electrons. The highest BCUT2D eigenvalue weighted by Crippen LogP contribution is 2.42. The van der Waals surface area contributed by atoms with Crippen molar-refractivity contribution in [1.29, 1.82) is 0 Å². The second-order valence-corrected chi connectivity index (χ2v) is 11.0. The second-order valence-electron chi connectivity index (χ2n) is 9.91. The number of thiophene rings is 1. The van der Waals surface area contributed by atoms with Crippen LogP contribution in [0.4, 0.5) is 0 Å². The third kappa shape index (κ3) is 3.91. The lowest BCUT2D eigenvalue weighted by Gasteiger charge is -2.26. The quantitative estimate of drug-likeness (QED) is 0.162. The van der Waals surface area contributed by atoms with Crippen LogP contribution in [0.3, 0.4) is 0 Å². The van der Waals surface area contributed by atoms with Gasteiger partial charge >= 0.3 is 0 Å². The van der Waals surface area contributed by atoms with Crippen LogP contribution in [0.25, 0.3) is 31.3 Å². The zero-order valence-electron chi connectivity index (χ0n) is 19.9. The Morgan fingerprint density at radius 1 is 0.971 bits per heavy atom. The van der Waals surface area contributed by atoms with Crippen LogP contribution in [-0.2, 0) is 0 Å². The molecule has 0 spiro atoms. The fourth-order valence-corrected chi connectivity index (χ4v) is 7.06. The molecule has 2 heteroatoms. The van der Waals surface area contributed by atoms with Crippen molar-refractivity contribution in [2.24, 2.45) is 5.92 Å². The molecule has 0 bridgehead atoms. The molecule has 6 rings (SSSR count).